The average molecular weight is 307 g/mol. The van der Waals surface area contributed by atoms with Crippen molar-refractivity contribution in [2.75, 3.05) is 45.2 Å². The Balaban J connectivity index is 2.13. The van der Waals surface area contributed by atoms with E-state index in [1.807, 2.05) is 12.1 Å². The number of piperazine rings is 1. The highest BCUT2D eigenvalue weighted by Crippen LogP contribution is 2.37. The summed E-state index contributed by atoms with van der Waals surface area (Å²) in [7, 11) is 3.71. The number of aromatic nitrogens is 1. The molecule has 0 bridgehead atoms. The van der Waals surface area contributed by atoms with Gasteiger partial charge in [-0.1, -0.05) is 0 Å². The first-order valence-corrected chi connectivity index (χ1v) is 7.51. The molecule has 0 radical (unpaired) electrons. The second-order valence-corrected chi connectivity index (χ2v) is 5.95. The van der Waals surface area contributed by atoms with E-state index in [9.17, 15) is 9.90 Å². The largest absolute Gasteiger partial charge is 0.497 e. The maximum atomic E-state index is 11.4. The Morgan fingerprint density at radius 1 is 1.33 bits per heavy atom. The molecular weight excluding hydrogens is 290 g/mol. The van der Waals surface area contributed by atoms with Crippen molar-refractivity contribution in [3.63, 3.8) is 0 Å². The van der Waals surface area contributed by atoms with Crippen LogP contribution < -0.4 is 9.64 Å². The SMILES string of the molecule is COc1cc(N2CCN(C)CC2)c2c(C(=O)O)nsc2c1. The number of carboxylic acids is 1. The van der Waals surface area contributed by atoms with Gasteiger partial charge in [0, 0.05) is 32.2 Å². The van der Waals surface area contributed by atoms with Gasteiger partial charge in [0.25, 0.3) is 0 Å². The summed E-state index contributed by atoms with van der Waals surface area (Å²) < 4.78 is 10.3. The molecule has 0 amide bonds. The number of methoxy groups -OCH3 is 1. The van der Waals surface area contributed by atoms with E-state index in [2.05, 4.69) is 21.2 Å². The number of ether oxygens (including phenoxy) is 1. The summed E-state index contributed by atoms with van der Waals surface area (Å²) in [5.41, 5.74) is 1.04. The lowest BCUT2D eigenvalue weighted by Crippen LogP contribution is -2.44. The van der Waals surface area contributed by atoms with Gasteiger partial charge in [0.05, 0.1) is 22.9 Å². The molecule has 112 valence electrons. The van der Waals surface area contributed by atoms with Crippen molar-refractivity contribution in [2.24, 2.45) is 0 Å². The Morgan fingerprint density at radius 2 is 2.05 bits per heavy atom. The predicted molar refractivity (Wildman–Crippen MR) is 82.8 cm³/mol. The summed E-state index contributed by atoms with van der Waals surface area (Å²) in [5.74, 6) is -0.251. The lowest BCUT2D eigenvalue weighted by Gasteiger charge is -2.34. The molecule has 3 rings (SSSR count). The normalized spacial score (nSPS) is 16.4. The standard InChI is InChI=1S/C14H17N3O3S/c1-16-3-5-17(6-4-16)10-7-9(20-2)8-11-12(10)13(14(18)19)15-21-11/h7-8H,3-6H2,1-2H3,(H,18,19). The highest BCUT2D eigenvalue weighted by atomic mass is 32.1. The summed E-state index contributed by atoms with van der Waals surface area (Å²) in [5, 5.41) is 10.1. The van der Waals surface area contributed by atoms with Crippen molar-refractivity contribution < 1.29 is 14.6 Å². The summed E-state index contributed by atoms with van der Waals surface area (Å²) in [6.45, 7) is 3.65. The molecule has 2 heterocycles. The van der Waals surface area contributed by atoms with E-state index in [1.165, 1.54) is 11.5 Å². The molecule has 0 saturated carbocycles. The fourth-order valence-electron chi connectivity index (χ4n) is 2.59. The zero-order valence-corrected chi connectivity index (χ0v) is 12.8. The first-order chi connectivity index (χ1) is 10.1. The summed E-state index contributed by atoms with van der Waals surface area (Å²) in [6, 6.07) is 3.76. The summed E-state index contributed by atoms with van der Waals surface area (Å²) in [4.78, 5) is 15.9. The third-order valence-electron chi connectivity index (χ3n) is 3.81. The van der Waals surface area contributed by atoms with Gasteiger partial charge in [-0.05, 0) is 24.6 Å². The molecule has 0 atom stereocenters. The van der Waals surface area contributed by atoms with Crippen LogP contribution in [0.1, 0.15) is 10.5 Å². The number of rotatable bonds is 3. The van der Waals surface area contributed by atoms with Crippen molar-refractivity contribution in [3.05, 3.63) is 17.8 Å². The molecule has 1 aliphatic rings. The highest BCUT2D eigenvalue weighted by molar-refractivity contribution is 7.13. The minimum absolute atomic E-state index is 0.131. The first-order valence-electron chi connectivity index (χ1n) is 6.74. The number of fused-ring (bicyclic) bond motifs is 1. The van der Waals surface area contributed by atoms with Crippen LogP contribution in [0.15, 0.2) is 12.1 Å². The number of benzene rings is 1. The lowest BCUT2D eigenvalue weighted by molar-refractivity contribution is 0.0694. The molecule has 0 aliphatic carbocycles. The zero-order chi connectivity index (χ0) is 15.0. The Morgan fingerprint density at radius 3 is 2.67 bits per heavy atom. The van der Waals surface area contributed by atoms with Gasteiger partial charge in [-0.2, -0.15) is 4.37 Å². The van der Waals surface area contributed by atoms with Crippen LogP contribution in [0.4, 0.5) is 5.69 Å². The molecule has 6 nitrogen and oxygen atoms in total. The Kier molecular flexibility index (Phi) is 3.69. The van der Waals surface area contributed by atoms with Crippen LogP contribution in [0.25, 0.3) is 10.1 Å². The third kappa shape index (κ3) is 2.54. The minimum atomic E-state index is -0.984. The number of carbonyl (C=O) groups is 1. The Labute approximate surface area is 126 Å². The predicted octanol–water partition coefficient (Wildman–Crippen LogP) is 1.75. The number of anilines is 1. The number of nitrogens with zero attached hydrogens (tertiary/aromatic N) is 3. The van der Waals surface area contributed by atoms with Gasteiger partial charge < -0.3 is 19.6 Å². The van der Waals surface area contributed by atoms with E-state index >= 15 is 0 Å². The van der Waals surface area contributed by atoms with Gasteiger partial charge in [-0.3, -0.25) is 0 Å². The molecule has 1 fully saturated rings. The van der Waals surface area contributed by atoms with Crippen molar-refractivity contribution in [2.45, 2.75) is 0 Å². The van der Waals surface area contributed by atoms with E-state index in [-0.39, 0.29) is 5.69 Å². The lowest BCUT2D eigenvalue weighted by atomic mass is 10.1. The van der Waals surface area contributed by atoms with Crippen molar-refractivity contribution >= 4 is 33.3 Å². The smallest absolute Gasteiger partial charge is 0.356 e. The van der Waals surface area contributed by atoms with Crippen LogP contribution in [-0.2, 0) is 0 Å². The fraction of sp³-hybridized carbons (Fsp3) is 0.429. The van der Waals surface area contributed by atoms with Crippen molar-refractivity contribution in [3.8, 4) is 5.75 Å². The second kappa shape index (κ2) is 5.50. The maximum absolute atomic E-state index is 11.4. The second-order valence-electron chi connectivity index (χ2n) is 5.15. The first kappa shape index (κ1) is 14.1. The topological polar surface area (TPSA) is 65.9 Å². The van der Waals surface area contributed by atoms with E-state index < -0.39 is 5.97 Å². The van der Waals surface area contributed by atoms with Gasteiger partial charge in [0.2, 0.25) is 0 Å². The van der Waals surface area contributed by atoms with Gasteiger partial charge in [-0.15, -0.1) is 0 Å². The average Bonchev–Trinajstić information content (AvgIpc) is 2.91. The third-order valence-corrected chi connectivity index (χ3v) is 4.60. The molecular formula is C14H17N3O3S. The number of hydrogen-bond donors (Lipinski definition) is 1. The Bertz CT molecular complexity index is 677. The van der Waals surface area contributed by atoms with Gasteiger partial charge in [0.15, 0.2) is 5.69 Å². The van der Waals surface area contributed by atoms with E-state index in [0.717, 1.165) is 47.7 Å². The Hall–Kier alpha value is -1.86. The highest BCUT2D eigenvalue weighted by Gasteiger charge is 2.23. The van der Waals surface area contributed by atoms with Crippen LogP contribution in [0.3, 0.4) is 0 Å². The molecule has 2 aromatic rings. The number of carboxylic acid groups (broad SMARTS) is 1. The molecule has 21 heavy (non-hydrogen) atoms. The monoisotopic (exact) mass is 307 g/mol. The zero-order valence-electron chi connectivity index (χ0n) is 12.0. The summed E-state index contributed by atoms with van der Waals surface area (Å²) >= 11 is 1.20. The molecule has 0 spiro atoms. The van der Waals surface area contributed by atoms with E-state index in [1.54, 1.807) is 7.11 Å². The van der Waals surface area contributed by atoms with Gasteiger partial charge >= 0.3 is 5.97 Å². The maximum Gasteiger partial charge on any atom is 0.356 e. The van der Waals surface area contributed by atoms with E-state index in [0.29, 0.717) is 0 Å². The molecule has 1 N–H and O–H groups in total. The molecule has 7 heteroatoms. The molecule has 1 aromatic carbocycles. The number of aromatic carboxylic acids is 1. The van der Waals surface area contributed by atoms with Gasteiger partial charge in [-0.25, -0.2) is 4.79 Å². The van der Waals surface area contributed by atoms with Crippen LogP contribution in [0.5, 0.6) is 5.75 Å². The molecule has 1 saturated heterocycles. The van der Waals surface area contributed by atoms with Crippen LogP contribution in [0, 0.1) is 0 Å². The van der Waals surface area contributed by atoms with E-state index in [4.69, 9.17) is 4.74 Å². The van der Waals surface area contributed by atoms with Crippen molar-refractivity contribution in [1.29, 1.82) is 0 Å². The fourth-order valence-corrected chi connectivity index (χ4v) is 3.41. The number of likely N-dealkylation sites (N-methyl/N-ethyl adjacent to an activating group) is 1. The minimum Gasteiger partial charge on any atom is -0.497 e. The van der Waals surface area contributed by atoms with Crippen LogP contribution in [0.2, 0.25) is 0 Å². The molecule has 0 unspecified atom stereocenters. The van der Waals surface area contributed by atoms with Gasteiger partial charge in [0.1, 0.15) is 5.75 Å². The summed E-state index contributed by atoms with van der Waals surface area (Å²) in [6.07, 6.45) is 0. The number of hydrogen-bond acceptors (Lipinski definition) is 6. The van der Waals surface area contributed by atoms with Crippen LogP contribution in [-0.4, -0.2) is 60.7 Å². The quantitative estimate of drug-likeness (QED) is 0.932. The molecule has 1 aliphatic heterocycles. The van der Waals surface area contributed by atoms with Crippen LogP contribution >= 0.6 is 11.5 Å². The molecule has 1 aromatic heterocycles. The van der Waals surface area contributed by atoms with Crippen molar-refractivity contribution in [1.82, 2.24) is 9.27 Å².